The third-order valence-electron chi connectivity index (χ3n) is 1.48. The monoisotopic (exact) mass is 248 g/mol. The van der Waals surface area contributed by atoms with Crippen LogP contribution in [0, 0.1) is 5.82 Å². The van der Waals surface area contributed by atoms with E-state index in [4.69, 9.17) is 0 Å². The molecule has 0 N–H and O–H groups in total. The van der Waals surface area contributed by atoms with Crippen molar-refractivity contribution in [2.24, 2.45) is 0 Å². The predicted molar refractivity (Wildman–Crippen MR) is 56.6 cm³/mol. The molecule has 0 heterocycles. The summed E-state index contributed by atoms with van der Waals surface area (Å²) in [6, 6.07) is 5.34. The molecule has 0 saturated heterocycles. The molecule has 1 rings (SSSR count). The minimum Gasteiger partial charge on any atom is -0.206 e. The Morgan fingerprint density at radius 3 is 2.58 bits per heavy atom. The first-order valence-corrected chi connectivity index (χ1v) is 6.89. The van der Waals surface area contributed by atoms with Gasteiger partial charge in [-0.1, -0.05) is 6.07 Å². The zero-order valence-corrected chi connectivity index (χ0v) is 9.62. The van der Waals surface area contributed by atoms with Crippen LogP contribution < -0.4 is 0 Å². The van der Waals surface area contributed by atoms with Crippen molar-refractivity contribution in [1.82, 2.24) is 0 Å². The molecule has 0 amide bonds. The molecule has 0 bridgehead atoms. The van der Waals surface area contributed by atoms with Crippen molar-refractivity contribution < 1.29 is 4.39 Å². The van der Waals surface area contributed by atoms with E-state index >= 15 is 0 Å². The van der Waals surface area contributed by atoms with Crippen LogP contribution in [0.1, 0.15) is 5.56 Å². The molecule has 1 aromatic rings. The lowest BCUT2D eigenvalue weighted by molar-refractivity contribution is 0.619. The van der Waals surface area contributed by atoms with Gasteiger partial charge in [0.1, 0.15) is 5.82 Å². The maximum absolute atomic E-state index is 13.0. The molecule has 3 heteroatoms. The highest BCUT2D eigenvalue weighted by molar-refractivity contribution is 9.10. The lowest BCUT2D eigenvalue weighted by Gasteiger charge is -2.05. The number of hydrogen-bond donors (Lipinski definition) is 0. The molecule has 0 aliphatic rings. The van der Waals surface area contributed by atoms with Gasteiger partial charge in [-0.25, -0.2) is 4.39 Å². The van der Waals surface area contributed by atoms with Gasteiger partial charge in [-0.2, -0.15) is 0 Å². The highest BCUT2D eigenvalue weighted by atomic mass is 79.9. The molecule has 0 aliphatic carbocycles. The Hall–Kier alpha value is 0.0600. The summed E-state index contributed by atoms with van der Waals surface area (Å²) >= 11 is 3.13. The van der Waals surface area contributed by atoms with E-state index in [2.05, 4.69) is 29.3 Å². The third-order valence-corrected chi connectivity index (χ3v) is 3.12. The molecule has 0 aromatic heterocycles. The Balaban J connectivity index is 2.82. The molecular weight excluding hydrogens is 238 g/mol. The van der Waals surface area contributed by atoms with E-state index in [0.29, 0.717) is 4.47 Å². The van der Waals surface area contributed by atoms with Crippen LogP contribution >= 0.6 is 23.9 Å². The van der Waals surface area contributed by atoms with Gasteiger partial charge in [-0.05, 0) is 53.1 Å². The van der Waals surface area contributed by atoms with Crippen LogP contribution in [0.25, 0.3) is 0 Å². The van der Waals surface area contributed by atoms with Crippen LogP contribution in [-0.4, -0.2) is 13.3 Å². The van der Waals surface area contributed by atoms with Gasteiger partial charge in [0.2, 0.25) is 0 Å². The van der Waals surface area contributed by atoms with Gasteiger partial charge in [0, 0.05) is 0 Å². The van der Waals surface area contributed by atoms with Gasteiger partial charge in [0.15, 0.2) is 0 Å². The summed E-state index contributed by atoms with van der Waals surface area (Å²) in [5, 5.41) is 0. The molecule has 12 heavy (non-hydrogen) atoms. The fourth-order valence-electron chi connectivity index (χ4n) is 1.00. The van der Waals surface area contributed by atoms with Crippen molar-refractivity contribution in [3.05, 3.63) is 34.1 Å². The summed E-state index contributed by atoms with van der Waals surface area (Å²) in [5.74, 6) is -0.163. The Kier molecular flexibility index (Phi) is 3.67. The summed E-state index contributed by atoms with van der Waals surface area (Å²) in [6.45, 7) is 4.38. The van der Waals surface area contributed by atoms with E-state index in [0.717, 1.165) is 11.7 Å². The molecule has 0 aliphatic heterocycles. The summed E-state index contributed by atoms with van der Waals surface area (Å²) in [4.78, 5) is 0. The van der Waals surface area contributed by atoms with Gasteiger partial charge < -0.3 is 0 Å². The lowest BCUT2D eigenvalue weighted by atomic mass is 10.2. The van der Waals surface area contributed by atoms with Crippen molar-refractivity contribution in [3.8, 4) is 0 Å². The van der Waals surface area contributed by atoms with Crippen LogP contribution in [0.5, 0.6) is 0 Å². The maximum Gasteiger partial charge on any atom is 0.137 e. The van der Waals surface area contributed by atoms with Crippen molar-refractivity contribution in [1.29, 1.82) is 0 Å². The van der Waals surface area contributed by atoms with Crippen LogP contribution in [0.4, 0.5) is 4.39 Å². The summed E-state index contributed by atoms with van der Waals surface area (Å²) < 4.78 is 13.5. The van der Waals surface area contributed by atoms with Crippen LogP contribution in [0.3, 0.4) is 0 Å². The zero-order valence-electron chi connectivity index (χ0n) is 7.14. The highest BCUT2D eigenvalue weighted by Crippen LogP contribution is 2.31. The van der Waals surface area contributed by atoms with E-state index < -0.39 is 0 Å². The number of rotatable bonds is 2. The normalized spacial score (nSPS) is 10.8. The molecule has 0 unspecified atom stereocenters. The van der Waals surface area contributed by atoms with Gasteiger partial charge in [0.05, 0.1) is 4.47 Å². The SMILES string of the molecule is CP(C)Cc1ccc(Br)c(F)c1. The Morgan fingerprint density at radius 1 is 1.42 bits per heavy atom. The Morgan fingerprint density at radius 2 is 2.08 bits per heavy atom. The van der Waals surface area contributed by atoms with Crippen molar-refractivity contribution >= 4 is 23.9 Å². The van der Waals surface area contributed by atoms with Crippen LogP contribution in [-0.2, 0) is 6.16 Å². The average Bonchev–Trinajstić information content (AvgIpc) is 1.96. The van der Waals surface area contributed by atoms with Crippen LogP contribution in [0.15, 0.2) is 22.7 Å². The van der Waals surface area contributed by atoms with E-state index in [1.807, 2.05) is 6.07 Å². The molecule has 0 saturated carbocycles. The summed E-state index contributed by atoms with van der Waals surface area (Å²) in [6.07, 6.45) is 1.000. The second-order valence-corrected chi connectivity index (χ2v) is 6.32. The molecule has 66 valence electrons. The first-order chi connectivity index (χ1) is 5.59. The smallest absolute Gasteiger partial charge is 0.137 e. The second-order valence-electron chi connectivity index (χ2n) is 2.99. The topological polar surface area (TPSA) is 0 Å². The Labute approximate surface area is 82.1 Å². The fourth-order valence-corrected chi connectivity index (χ4v) is 2.18. The minimum atomic E-state index is -0.163. The Bertz CT molecular complexity index is 273. The van der Waals surface area contributed by atoms with Gasteiger partial charge >= 0.3 is 0 Å². The summed E-state index contributed by atoms with van der Waals surface area (Å²) in [7, 11) is 0.0193. The van der Waals surface area contributed by atoms with Crippen molar-refractivity contribution in [3.63, 3.8) is 0 Å². The van der Waals surface area contributed by atoms with Gasteiger partial charge in [0.25, 0.3) is 0 Å². The largest absolute Gasteiger partial charge is 0.206 e. The third kappa shape index (κ3) is 2.84. The molecule has 0 spiro atoms. The van der Waals surface area contributed by atoms with E-state index in [1.165, 1.54) is 0 Å². The molecule has 1 aromatic carbocycles. The first kappa shape index (κ1) is 10.1. The van der Waals surface area contributed by atoms with Crippen molar-refractivity contribution in [2.45, 2.75) is 6.16 Å². The highest BCUT2D eigenvalue weighted by Gasteiger charge is 2.01. The number of benzene rings is 1. The summed E-state index contributed by atoms with van der Waals surface area (Å²) in [5.41, 5.74) is 1.09. The van der Waals surface area contributed by atoms with E-state index in [9.17, 15) is 4.39 Å². The van der Waals surface area contributed by atoms with Gasteiger partial charge in [-0.3, -0.25) is 0 Å². The predicted octanol–water partition coefficient (Wildman–Crippen LogP) is 3.83. The average molecular weight is 249 g/mol. The molecule has 0 atom stereocenters. The molecule has 0 fully saturated rings. The van der Waals surface area contributed by atoms with E-state index in [1.54, 1.807) is 12.1 Å². The standard InChI is InChI=1S/C9H11BrFP/c1-12(2)6-7-3-4-8(10)9(11)5-7/h3-5H,6H2,1-2H3. The maximum atomic E-state index is 13.0. The lowest BCUT2D eigenvalue weighted by Crippen LogP contribution is -1.85. The molecule has 0 radical (unpaired) electrons. The zero-order chi connectivity index (χ0) is 9.14. The quantitative estimate of drug-likeness (QED) is 0.698. The van der Waals surface area contributed by atoms with Crippen LogP contribution in [0.2, 0.25) is 0 Å². The minimum absolute atomic E-state index is 0.0193. The van der Waals surface area contributed by atoms with Crippen molar-refractivity contribution in [2.75, 3.05) is 13.3 Å². The molecular formula is C9H11BrFP. The first-order valence-electron chi connectivity index (χ1n) is 3.68. The number of halogens is 2. The second kappa shape index (κ2) is 4.34. The van der Waals surface area contributed by atoms with Gasteiger partial charge in [-0.15, -0.1) is 7.92 Å². The fraction of sp³-hybridized carbons (Fsp3) is 0.333. The number of hydrogen-bond acceptors (Lipinski definition) is 0. The molecule has 0 nitrogen and oxygen atoms in total. The van der Waals surface area contributed by atoms with E-state index in [-0.39, 0.29) is 13.7 Å².